The van der Waals surface area contributed by atoms with Crippen molar-refractivity contribution in [2.75, 3.05) is 13.1 Å². The zero-order valence-corrected chi connectivity index (χ0v) is 11.2. The van der Waals surface area contributed by atoms with Gasteiger partial charge >= 0.3 is 0 Å². The highest BCUT2D eigenvalue weighted by atomic mass is 16.2. The molecule has 3 nitrogen and oxygen atoms in total. The van der Waals surface area contributed by atoms with Gasteiger partial charge in [0.1, 0.15) is 0 Å². The van der Waals surface area contributed by atoms with Crippen molar-refractivity contribution in [3.63, 3.8) is 0 Å². The van der Waals surface area contributed by atoms with Crippen LogP contribution in [-0.4, -0.2) is 29.9 Å². The quantitative estimate of drug-likeness (QED) is 0.759. The van der Waals surface area contributed by atoms with Crippen molar-refractivity contribution in [1.82, 2.24) is 4.90 Å². The zero-order chi connectivity index (χ0) is 12.4. The average Bonchev–Trinajstić information content (AvgIpc) is 2.26. The van der Waals surface area contributed by atoms with Gasteiger partial charge in [-0.25, -0.2) is 0 Å². The van der Waals surface area contributed by atoms with Gasteiger partial charge in [-0.2, -0.15) is 0 Å². The first-order chi connectivity index (χ1) is 8.06. The molecule has 0 radical (unpaired) electrons. The van der Waals surface area contributed by atoms with Crippen LogP contribution in [0.1, 0.15) is 46.0 Å². The normalized spacial score (nSPS) is 39.1. The van der Waals surface area contributed by atoms with Crippen LogP contribution in [0.2, 0.25) is 0 Å². The number of hydrogen-bond acceptors (Lipinski definition) is 2. The predicted molar refractivity (Wildman–Crippen MR) is 69.5 cm³/mol. The van der Waals surface area contributed by atoms with E-state index in [0.717, 1.165) is 32.4 Å². The number of carbonyl (C=O) groups excluding carboxylic acids is 1. The first kappa shape index (κ1) is 12.9. The van der Waals surface area contributed by atoms with Crippen LogP contribution in [0.3, 0.4) is 0 Å². The van der Waals surface area contributed by atoms with Gasteiger partial charge in [0.25, 0.3) is 0 Å². The molecular formula is C14H26N2O. The van der Waals surface area contributed by atoms with E-state index >= 15 is 0 Å². The Balaban J connectivity index is 1.94. The Labute approximate surface area is 105 Å². The van der Waals surface area contributed by atoms with E-state index in [0.29, 0.717) is 17.7 Å². The van der Waals surface area contributed by atoms with Crippen molar-refractivity contribution in [1.29, 1.82) is 0 Å². The second-order valence-corrected chi connectivity index (χ2v) is 6.30. The van der Waals surface area contributed by atoms with E-state index in [1.54, 1.807) is 0 Å². The summed E-state index contributed by atoms with van der Waals surface area (Å²) in [6.45, 7) is 6.38. The second kappa shape index (κ2) is 5.38. The lowest BCUT2D eigenvalue weighted by Crippen LogP contribution is -2.45. The summed E-state index contributed by atoms with van der Waals surface area (Å²) in [6.07, 6.45) is 5.46. The molecule has 2 N–H and O–H groups in total. The lowest BCUT2D eigenvalue weighted by molar-refractivity contribution is -0.139. The number of hydrogen-bond donors (Lipinski definition) is 1. The van der Waals surface area contributed by atoms with E-state index in [2.05, 4.69) is 18.7 Å². The lowest BCUT2D eigenvalue weighted by atomic mass is 9.79. The monoisotopic (exact) mass is 238 g/mol. The third kappa shape index (κ3) is 3.21. The van der Waals surface area contributed by atoms with Crippen LogP contribution < -0.4 is 5.73 Å². The molecule has 1 saturated carbocycles. The summed E-state index contributed by atoms with van der Waals surface area (Å²) in [5.41, 5.74) is 6.04. The Morgan fingerprint density at radius 1 is 1.18 bits per heavy atom. The van der Waals surface area contributed by atoms with Crippen LogP contribution in [0, 0.1) is 17.8 Å². The van der Waals surface area contributed by atoms with Crippen molar-refractivity contribution in [3.8, 4) is 0 Å². The average molecular weight is 238 g/mol. The number of likely N-dealkylation sites (tertiary alicyclic amines) is 1. The molecule has 98 valence electrons. The molecule has 3 heteroatoms. The van der Waals surface area contributed by atoms with Gasteiger partial charge in [-0.15, -0.1) is 0 Å². The Bertz CT molecular complexity index is 269. The molecule has 2 fully saturated rings. The summed E-state index contributed by atoms with van der Waals surface area (Å²) >= 11 is 0. The third-order valence-electron chi connectivity index (χ3n) is 4.30. The Hall–Kier alpha value is -0.570. The van der Waals surface area contributed by atoms with Gasteiger partial charge in [0.15, 0.2) is 0 Å². The highest BCUT2D eigenvalue weighted by Crippen LogP contribution is 2.30. The molecule has 0 aromatic carbocycles. The summed E-state index contributed by atoms with van der Waals surface area (Å²) in [7, 11) is 0. The molecule has 4 atom stereocenters. The summed E-state index contributed by atoms with van der Waals surface area (Å²) in [4.78, 5) is 14.5. The van der Waals surface area contributed by atoms with Gasteiger partial charge in [-0.05, 0) is 43.9 Å². The molecular weight excluding hydrogens is 212 g/mol. The first-order valence-corrected chi connectivity index (χ1v) is 7.10. The summed E-state index contributed by atoms with van der Waals surface area (Å²) in [6, 6.07) is 0.231. The Morgan fingerprint density at radius 2 is 1.94 bits per heavy atom. The predicted octanol–water partition coefficient (Wildman–Crippen LogP) is 2.01. The van der Waals surface area contributed by atoms with E-state index < -0.39 is 0 Å². The molecule has 1 saturated heterocycles. The minimum Gasteiger partial charge on any atom is -0.342 e. The molecule has 1 aliphatic heterocycles. The maximum absolute atomic E-state index is 12.5. The standard InChI is InChI=1S/C14H26N2O/c1-10-4-3-5-16(9-10)14(17)12-6-11(2)7-13(15)8-12/h10-13H,3-9,15H2,1-2H3. The van der Waals surface area contributed by atoms with Gasteiger partial charge < -0.3 is 10.6 Å². The number of piperidine rings is 1. The van der Waals surface area contributed by atoms with Crippen molar-refractivity contribution in [2.45, 2.75) is 52.0 Å². The maximum atomic E-state index is 12.5. The van der Waals surface area contributed by atoms with Crippen LogP contribution in [0.15, 0.2) is 0 Å². The minimum absolute atomic E-state index is 0.194. The molecule has 1 aliphatic carbocycles. The SMILES string of the molecule is CC1CC(N)CC(C(=O)N2CCCC(C)C2)C1. The molecule has 4 unspecified atom stereocenters. The van der Waals surface area contributed by atoms with Gasteiger partial charge in [0.05, 0.1) is 0 Å². The fourth-order valence-electron chi connectivity index (χ4n) is 3.51. The molecule has 2 aliphatic rings. The number of rotatable bonds is 1. The fourth-order valence-corrected chi connectivity index (χ4v) is 3.51. The third-order valence-corrected chi connectivity index (χ3v) is 4.30. The van der Waals surface area contributed by atoms with Crippen LogP contribution in [0.4, 0.5) is 0 Å². The smallest absolute Gasteiger partial charge is 0.225 e. The largest absolute Gasteiger partial charge is 0.342 e. The number of amides is 1. The molecule has 0 aromatic heterocycles. The number of carbonyl (C=O) groups is 1. The molecule has 0 aromatic rings. The van der Waals surface area contributed by atoms with Crippen LogP contribution in [-0.2, 0) is 4.79 Å². The summed E-state index contributed by atoms with van der Waals surface area (Å²) in [5.74, 6) is 1.84. The molecule has 1 heterocycles. The van der Waals surface area contributed by atoms with Crippen molar-refractivity contribution in [3.05, 3.63) is 0 Å². The van der Waals surface area contributed by atoms with E-state index in [-0.39, 0.29) is 12.0 Å². The van der Waals surface area contributed by atoms with Crippen molar-refractivity contribution in [2.24, 2.45) is 23.5 Å². The summed E-state index contributed by atoms with van der Waals surface area (Å²) in [5, 5.41) is 0. The van der Waals surface area contributed by atoms with Gasteiger partial charge in [0, 0.05) is 25.0 Å². The zero-order valence-electron chi connectivity index (χ0n) is 11.2. The van der Waals surface area contributed by atoms with E-state index in [9.17, 15) is 4.79 Å². The molecule has 1 amide bonds. The van der Waals surface area contributed by atoms with Crippen LogP contribution >= 0.6 is 0 Å². The lowest BCUT2D eigenvalue weighted by Gasteiger charge is -2.37. The molecule has 2 rings (SSSR count). The minimum atomic E-state index is 0.194. The number of nitrogens with zero attached hydrogens (tertiary/aromatic N) is 1. The van der Waals surface area contributed by atoms with E-state index in [4.69, 9.17) is 5.73 Å². The summed E-state index contributed by atoms with van der Waals surface area (Å²) < 4.78 is 0. The number of nitrogens with two attached hydrogens (primary N) is 1. The van der Waals surface area contributed by atoms with Gasteiger partial charge in [0.2, 0.25) is 5.91 Å². The van der Waals surface area contributed by atoms with E-state index in [1.807, 2.05) is 0 Å². The highest BCUT2D eigenvalue weighted by Gasteiger charge is 2.33. The molecule has 0 spiro atoms. The Morgan fingerprint density at radius 3 is 2.59 bits per heavy atom. The van der Waals surface area contributed by atoms with Gasteiger partial charge in [-0.3, -0.25) is 4.79 Å². The highest BCUT2D eigenvalue weighted by molar-refractivity contribution is 5.79. The fraction of sp³-hybridized carbons (Fsp3) is 0.929. The Kier molecular flexibility index (Phi) is 4.08. The van der Waals surface area contributed by atoms with Gasteiger partial charge in [-0.1, -0.05) is 13.8 Å². The molecule has 0 bridgehead atoms. The maximum Gasteiger partial charge on any atom is 0.225 e. The molecule has 17 heavy (non-hydrogen) atoms. The van der Waals surface area contributed by atoms with Crippen molar-refractivity contribution < 1.29 is 4.79 Å². The van der Waals surface area contributed by atoms with Crippen molar-refractivity contribution >= 4 is 5.91 Å². The first-order valence-electron chi connectivity index (χ1n) is 7.10. The second-order valence-electron chi connectivity index (χ2n) is 6.30. The van der Waals surface area contributed by atoms with E-state index in [1.165, 1.54) is 12.8 Å². The topological polar surface area (TPSA) is 46.3 Å². The van der Waals surface area contributed by atoms with Crippen LogP contribution in [0.5, 0.6) is 0 Å². The van der Waals surface area contributed by atoms with Crippen LogP contribution in [0.25, 0.3) is 0 Å².